The second-order valence-corrected chi connectivity index (χ2v) is 10.2. The smallest absolute Gasteiger partial charge is 0.314 e. The summed E-state index contributed by atoms with van der Waals surface area (Å²) in [5.41, 5.74) is 2.28. The van der Waals surface area contributed by atoms with Gasteiger partial charge < -0.3 is 9.47 Å². The standard InChI is InChI=1S/C31H45NO3/c1-3-5-7-8-10-25-11-16-27(17-12-25)31(33)35-29-20-14-26(15-21-29)13-18-28-19-22-30(24-32-28)34-23-9-6-4-2/h14-15,19-22,24-25,27H,3-13,16-18,23H2,1-2H3/t25-,27-. The number of esters is 1. The molecule has 4 heteroatoms. The van der Waals surface area contributed by atoms with Crippen molar-refractivity contribution in [2.45, 2.75) is 104 Å². The molecule has 0 spiro atoms. The SMILES string of the molecule is CCCCCC[C@H]1CC[C@H](C(=O)Oc2ccc(CCc3ccc(OCCCCC)cn3)cc2)CC1. The molecule has 1 aliphatic rings. The molecule has 0 N–H and O–H groups in total. The van der Waals surface area contributed by atoms with Gasteiger partial charge in [0.2, 0.25) is 0 Å². The topological polar surface area (TPSA) is 48.4 Å². The van der Waals surface area contributed by atoms with Crippen molar-refractivity contribution in [1.82, 2.24) is 4.98 Å². The van der Waals surface area contributed by atoms with Crippen molar-refractivity contribution in [3.8, 4) is 11.5 Å². The molecule has 2 aromatic rings. The predicted octanol–water partition coefficient (Wildman–Crippen LogP) is 8.12. The molecule has 0 radical (unpaired) electrons. The Labute approximate surface area is 212 Å². The molecule has 4 nitrogen and oxygen atoms in total. The van der Waals surface area contributed by atoms with Crippen molar-refractivity contribution in [1.29, 1.82) is 0 Å². The lowest BCUT2D eigenvalue weighted by atomic mass is 9.80. The average molecular weight is 480 g/mol. The van der Waals surface area contributed by atoms with Crippen LogP contribution < -0.4 is 9.47 Å². The van der Waals surface area contributed by atoms with Crippen molar-refractivity contribution >= 4 is 5.97 Å². The van der Waals surface area contributed by atoms with E-state index in [1.165, 1.54) is 63.4 Å². The van der Waals surface area contributed by atoms with Crippen molar-refractivity contribution in [2.75, 3.05) is 6.61 Å². The molecule has 1 heterocycles. The minimum atomic E-state index is -0.0524. The predicted molar refractivity (Wildman–Crippen MR) is 143 cm³/mol. The number of aryl methyl sites for hydroxylation is 2. The molecule has 3 rings (SSSR count). The number of carbonyl (C=O) groups is 1. The number of aromatic nitrogens is 1. The third-order valence-corrected chi connectivity index (χ3v) is 7.27. The van der Waals surface area contributed by atoms with Gasteiger partial charge in [-0.3, -0.25) is 9.78 Å². The van der Waals surface area contributed by atoms with Crippen LogP contribution in [-0.4, -0.2) is 17.6 Å². The molecule has 192 valence electrons. The summed E-state index contributed by atoms with van der Waals surface area (Å²) in [6.45, 7) is 5.21. The van der Waals surface area contributed by atoms with E-state index in [1.54, 1.807) is 0 Å². The highest BCUT2D eigenvalue weighted by Gasteiger charge is 2.27. The first kappa shape index (κ1) is 27.2. The highest BCUT2D eigenvalue weighted by molar-refractivity contribution is 5.75. The number of nitrogens with zero attached hydrogens (tertiary/aromatic N) is 1. The minimum Gasteiger partial charge on any atom is -0.492 e. The maximum absolute atomic E-state index is 12.7. The van der Waals surface area contributed by atoms with Crippen LogP contribution in [-0.2, 0) is 17.6 Å². The fourth-order valence-electron chi connectivity index (χ4n) is 4.93. The number of unbranched alkanes of at least 4 members (excludes halogenated alkanes) is 5. The third kappa shape index (κ3) is 10.0. The zero-order valence-electron chi connectivity index (χ0n) is 22.0. The van der Waals surface area contributed by atoms with Crippen molar-refractivity contribution in [3.05, 3.63) is 53.9 Å². The van der Waals surface area contributed by atoms with Crippen molar-refractivity contribution < 1.29 is 14.3 Å². The van der Waals surface area contributed by atoms with E-state index in [2.05, 4.69) is 31.0 Å². The minimum absolute atomic E-state index is 0.0524. The summed E-state index contributed by atoms with van der Waals surface area (Å²) in [5.74, 6) is 2.31. The molecule has 1 saturated carbocycles. The van der Waals surface area contributed by atoms with Gasteiger partial charge in [-0.1, -0.05) is 70.9 Å². The van der Waals surface area contributed by atoms with Crippen LogP contribution in [0, 0.1) is 11.8 Å². The van der Waals surface area contributed by atoms with E-state index >= 15 is 0 Å². The van der Waals surface area contributed by atoms with Gasteiger partial charge in [0.25, 0.3) is 0 Å². The Balaban J connectivity index is 1.35. The molecule has 1 aromatic heterocycles. The van der Waals surface area contributed by atoms with Gasteiger partial charge in [0.05, 0.1) is 18.7 Å². The van der Waals surface area contributed by atoms with Crippen LogP contribution in [0.15, 0.2) is 42.6 Å². The van der Waals surface area contributed by atoms with Gasteiger partial charge in [0.1, 0.15) is 11.5 Å². The van der Waals surface area contributed by atoms with Crippen molar-refractivity contribution in [3.63, 3.8) is 0 Å². The lowest BCUT2D eigenvalue weighted by Gasteiger charge is -2.27. The number of carbonyl (C=O) groups excluding carboxylic acids is 1. The van der Waals surface area contributed by atoms with Crippen molar-refractivity contribution in [2.24, 2.45) is 11.8 Å². The summed E-state index contributed by atoms with van der Waals surface area (Å²) in [5, 5.41) is 0. The third-order valence-electron chi connectivity index (χ3n) is 7.27. The molecular weight excluding hydrogens is 434 g/mol. The first-order valence-electron chi connectivity index (χ1n) is 14.1. The van der Waals surface area contributed by atoms with Gasteiger partial charge in [-0.05, 0) is 80.7 Å². The summed E-state index contributed by atoms with van der Waals surface area (Å²) >= 11 is 0. The summed E-state index contributed by atoms with van der Waals surface area (Å²) in [4.78, 5) is 17.2. The lowest BCUT2D eigenvalue weighted by molar-refractivity contribution is -0.140. The number of benzene rings is 1. The Morgan fingerprint density at radius 2 is 1.54 bits per heavy atom. The molecule has 1 aromatic carbocycles. The fourth-order valence-corrected chi connectivity index (χ4v) is 4.93. The number of ether oxygens (including phenoxy) is 2. The Hall–Kier alpha value is -2.36. The number of pyridine rings is 1. The molecule has 0 unspecified atom stereocenters. The molecule has 35 heavy (non-hydrogen) atoms. The molecule has 1 fully saturated rings. The van der Waals surface area contributed by atoms with Crippen LogP contribution >= 0.6 is 0 Å². The van der Waals surface area contributed by atoms with E-state index in [0.717, 1.165) is 56.1 Å². The van der Waals surface area contributed by atoms with Crippen LogP contribution in [0.1, 0.15) is 102 Å². The van der Waals surface area contributed by atoms with Gasteiger partial charge in [0.15, 0.2) is 0 Å². The highest BCUT2D eigenvalue weighted by atomic mass is 16.5. The van der Waals surface area contributed by atoms with E-state index in [4.69, 9.17) is 9.47 Å². The van der Waals surface area contributed by atoms with E-state index in [-0.39, 0.29) is 11.9 Å². The van der Waals surface area contributed by atoms with E-state index in [0.29, 0.717) is 5.75 Å². The van der Waals surface area contributed by atoms with E-state index < -0.39 is 0 Å². The van der Waals surface area contributed by atoms with Crippen LogP contribution in [0.4, 0.5) is 0 Å². The Morgan fingerprint density at radius 3 is 2.23 bits per heavy atom. The zero-order valence-corrected chi connectivity index (χ0v) is 22.0. The van der Waals surface area contributed by atoms with Gasteiger partial charge in [-0.2, -0.15) is 0 Å². The van der Waals surface area contributed by atoms with Crippen LogP contribution in [0.2, 0.25) is 0 Å². The lowest BCUT2D eigenvalue weighted by Crippen LogP contribution is -2.25. The van der Waals surface area contributed by atoms with Gasteiger partial charge in [-0.25, -0.2) is 0 Å². The monoisotopic (exact) mass is 479 g/mol. The summed E-state index contributed by atoms with van der Waals surface area (Å²) in [6, 6.07) is 12.0. The number of rotatable bonds is 15. The first-order valence-corrected chi connectivity index (χ1v) is 14.1. The zero-order chi connectivity index (χ0) is 24.7. The Morgan fingerprint density at radius 1 is 0.829 bits per heavy atom. The average Bonchev–Trinajstić information content (AvgIpc) is 2.90. The van der Waals surface area contributed by atoms with Gasteiger partial charge >= 0.3 is 5.97 Å². The molecule has 1 aliphatic carbocycles. The maximum atomic E-state index is 12.7. The number of hydrogen-bond acceptors (Lipinski definition) is 4. The van der Waals surface area contributed by atoms with Crippen LogP contribution in [0.5, 0.6) is 11.5 Å². The summed E-state index contributed by atoms with van der Waals surface area (Å²) in [7, 11) is 0. The maximum Gasteiger partial charge on any atom is 0.314 e. The Kier molecular flexibility index (Phi) is 12.1. The summed E-state index contributed by atoms with van der Waals surface area (Å²) in [6.07, 6.45) is 18.0. The van der Waals surface area contributed by atoms with Gasteiger partial charge in [0, 0.05) is 5.69 Å². The van der Waals surface area contributed by atoms with Gasteiger partial charge in [-0.15, -0.1) is 0 Å². The number of hydrogen-bond donors (Lipinski definition) is 0. The van der Waals surface area contributed by atoms with E-state index in [9.17, 15) is 4.79 Å². The second-order valence-electron chi connectivity index (χ2n) is 10.2. The molecule has 0 amide bonds. The first-order chi connectivity index (χ1) is 17.2. The van der Waals surface area contributed by atoms with Crippen LogP contribution in [0.3, 0.4) is 0 Å². The molecule has 0 aliphatic heterocycles. The van der Waals surface area contributed by atoms with E-state index in [1.807, 2.05) is 30.5 Å². The summed E-state index contributed by atoms with van der Waals surface area (Å²) < 4.78 is 11.5. The fraction of sp³-hybridized carbons (Fsp3) is 0.613. The second kappa shape index (κ2) is 15.6. The van der Waals surface area contributed by atoms with Crippen LogP contribution in [0.25, 0.3) is 0 Å². The highest BCUT2D eigenvalue weighted by Crippen LogP contribution is 2.33. The Bertz CT molecular complexity index is 839. The quantitative estimate of drug-likeness (QED) is 0.147. The normalized spacial score (nSPS) is 17.8. The molecule has 0 saturated heterocycles. The largest absolute Gasteiger partial charge is 0.492 e. The molecule has 0 atom stereocenters. The molecule has 0 bridgehead atoms. The molecular formula is C31H45NO3.